The van der Waals surface area contributed by atoms with Crippen LogP contribution in [0.3, 0.4) is 0 Å². The van der Waals surface area contributed by atoms with Gasteiger partial charge in [0, 0.05) is 11.8 Å². The Morgan fingerprint density at radius 3 is 2.29 bits per heavy atom. The predicted octanol–water partition coefficient (Wildman–Crippen LogP) is 3.27. The largest absolute Gasteiger partial charge is 0.489 e. The van der Waals surface area contributed by atoms with Crippen LogP contribution in [-0.4, -0.2) is 26.7 Å². The molecule has 0 heterocycles. The van der Waals surface area contributed by atoms with Crippen molar-refractivity contribution in [2.24, 2.45) is 0 Å². The van der Waals surface area contributed by atoms with Crippen molar-refractivity contribution in [1.29, 1.82) is 0 Å². The van der Waals surface area contributed by atoms with Gasteiger partial charge >= 0.3 is 0 Å². The Morgan fingerprint density at radius 2 is 1.71 bits per heavy atom. The van der Waals surface area contributed by atoms with Gasteiger partial charge in [-0.15, -0.1) is 0 Å². The lowest BCUT2D eigenvalue weighted by molar-refractivity contribution is 0.102. The van der Waals surface area contributed by atoms with Gasteiger partial charge in [0.15, 0.2) is 9.84 Å². The SMILES string of the molecule is CC(C)Oc1ccccc1NC(=O)c1ccc(CS(C)(=O)=O)cc1. The van der Waals surface area contributed by atoms with E-state index >= 15 is 0 Å². The molecular weight excluding hydrogens is 326 g/mol. The van der Waals surface area contributed by atoms with E-state index in [2.05, 4.69) is 5.32 Å². The average Bonchev–Trinajstić information content (AvgIpc) is 2.48. The molecule has 0 bridgehead atoms. The molecule has 128 valence electrons. The van der Waals surface area contributed by atoms with E-state index in [4.69, 9.17) is 4.74 Å². The number of rotatable bonds is 6. The normalized spacial score (nSPS) is 11.3. The maximum atomic E-state index is 12.4. The maximum Gasteiger partial charge on any atom is 0.255 e. The van der Waals surface area contributed by atoms with Crippen LogP contribution in [0.2, 0.25) is 0 Å². The molecule has 6 heteroatoms. The van der Waals surface area contributed by atoms with Gasteiger partial charge in [-0.05, 0) is 43.7 Å². The van der Waals surface area contributed by atoms with Crippen molar-refractivity contribution < 1.29 is 17.9 Å². The first-order chi connectivity index (χ1) is 11.2. The van der Waals surface area contributed by atoms with Crippen LogP contribution >= 0.6 is 0 Å². The number of hydrogen-bond acceptors (Lipinski definition) is 4. The molecule has 2 aromatic carbocycles. The maximum absolute atomic E-state index is 12.4. The summed E-state index contributed by atoms with van der Waals surface area (Å²) in [4.78, 5) is 12.4. The van der Waals surface area contributed by atoms with E-state index in [1.807, 2.05) is 26.0 Å². The summed E-state index contributed by atoms with van der Waals surface area (Å²) in [5.41, 5.74) is 1.70. The Labute approximate surface area is 142 Å². The monoisotopic (exact) mass is 347 g/mol. The van der Waals surface area contributed by atoms with Gasteiger partial charge in [0.25, 0.3) is 5.91 Å². The molecule has 0 saturated carbocycles. The molecule has 0 unspecified atom stereocenters. The highest BCUT2D eigenvalue weighted by Gasteiger charge is 2.11. The Bertz CT molecular complexity index is 811. The van der Waals surface area contributed by atoms with Gasteiger partial charge in [0.1, 0.15) is 5.75 Å². The van der Waals surface area contributed by atoms with E-state index in [0.717, 1.165) is 0 Å². The van der Waals surface area contributed by atoms with E-state index < -0.39 is 9.84 Å². The highest BCUT2D eigenvalue weighted by Crippen LogP contribution is 2.25. The average molecular weight is 347 g/mol. The summed E-state index contributed by atoms with van der Waals surface area (Å²) in [7, 11) is -3.09. The fraction of sp³-hybridized carbons (Fsp3) is 0.278. The number of amides is 1. The highest BCUT2D eigenvalue weighted by atomic mass is 32.2. The summed E-state index contributed by atoms with van der Waals surface area (Å²) in [6.45, 7) is 3.83. The van der Waals surface area contributed by atoms with Crippen LogP contribution in [0.4, 0.5) is 5.69 Å². The number of sulfone groups is 1. The molecule has 0 saturated heterocycles. The van der Waals surface area contributed by atoms with E-state index in [1.54, 1.807) is 36.4 Å². The summed E-state index contributed by atoms with van der Waals surface area (Å²) in [5.74, 6) is 0.287. The lowest BCUT2D eigenvalue weighted by atomic mass is 10.1. The number of para-hydroxylation sites is 2. The molecule has 0 radical (unpaired) electrons. The molecule has 24 heavy (non-hydrogen) atoms. The summed E-state index contributed by atoms with van der Waals surface area (Å²) < 4.78 is 28.3. The number of hydrogen-bond donors (Lipinski definition) is 1. The number of ether oxygens (including phenoxy) is 1. The Balaban J connectivity index is 2.13. The zero-order valence-electron chi connectivity index (χ0n) is 13.9. The Hall–Kier alpha value is -2.34. The van der Waals surface area contributed by atoms with E-state index in [0.29, 0.717) is 22.6 Å². The minimum Gasteiger partial charge on any atom is -0.489 e. The highest BCUT2D eigenvalue weighted by molar-refractivity contribution is 7.89. The summed E-state index contributed by atoms with van der Waals surface area (Å²) >= 11 is 0. The third-order valence-electron chi connectivity index (χ3n) is 3.14. The third kappa shape index (κ3) is 5.38. The lowest BCUT2D eigenvalue weighted by Gasteiger charge is -2.14. The first-order valence-electron chi connectivity index (χ1n) is 7.58. The van der Waals surface area contributed by atoms with Crippen molar-refractivity contribution in [2.45, 2.75) is 25.7 Å². The van der Waals surface area contributed by atoms with Crippen LogP contribution < -0.4 is 10.1 Å². The van der Waals surface area contributed by atoms with Crippen LogP contribution in [0, 0.1) is 0 Å². The standard InChI is InChI=1S/C18H21NO4S/c1-13(2)23-17-7-5-4-6-16(17)19-18(20)15-10-8-14(9-11-15)12-24(3,21)22/h4-11,13H,12H2,1-3H3,(H,19,20). The quantitative estimate of drug-likeness (QED) is 0.870. The predicted molar refractivity (Wildman–Crippen MR) is 95.1 cm³/mol. The van der Waals surface area contributed by atoms with Crippen molar-refractivity contribution in [1.82, 2.24) is 0 Å². The molecule has 1 amide bonds. The summed E-state index contributed by atoms with van der Waals surface area (Å²) in [5, 5.41) is 2.82. The zero-order valence-corrected chi connectivity index (χ0v) is 14.8. The number of carbonyl (C=O) groups is 1. The van der Waals surface area contributed by atoms with Gasteiger partial charge < -0.3 is 10.1 Å². The molecule has 0 aliphatic rings. The fourth-order valence-corrected chi connectivity index (χ4v) is 2.97. The molecule has 2 rings (SSSR count). The lowest BCUT2D eigenvalue weighted by Crippen LogP contribution is -2.14. The molecule has 0 aliphatic heterocycles. The van der Waals surface area contributed by atoms with Crippen molar-refractivity contribution >= 4 is 21.4 Å². The van der Waals surface area contributed by atoms with Gasteiger partial charge in [0.2, 0.25) is 0 Å². The summed E-state index contributed by atoms with van der Waals surface area (Å²) in [6.07, 6.45) is 1.18. The first-order valence-corrected chi connectivity index (χ1v) is 9.64. The molecule has 0 fully saturated rings. The Kier molecular flexibility index (Phi) is 5.62. The molecular formula is C18H21NO4S. The van der Waals surface area contributed by atoms with Crippen molar-refractivity contribution in [2.75, 3.05) is 11.6 Å². The summed E-state index contributed by atoms with van der Waals surface area (Å²) in [6, 6.07) is 13.7. The fourth-order valence-electron chi connectivity index (χ4n) is 2.18. The van der Waals surface area contributed by atoms with Gasteiger partial charge in [-0.2, -0.15) is 0 Å². The second-order valence-electron chi connectivity index (χ2n) is 5.88. The van der Waals surface area contributed by atoms with E-state index in [-0.39, 0.29) is 17.8 Å². The second kappa shape index (κ2) is 7.49. The van der Waals surface area contributed by atoms with Crippen LogP contribution in [0.25, 0.3) is 0 Å². The van der Waals surface area contributed by atoms with Crippen LogP contribution in [0.1, 0.15) is 29.8 Å². The molecule has 0 spiro atoms. The second-order valence-corrected chi connectivity index (χ2v) is 8.02. The first kappa shape index (κ1) is 18.0. The van der Waals surface area contributed by atoms with Crippen LogP contribution in [0.5, 0.6) is 5.75 Å². The van der Waals surface area contributed by atoms with Gasteiger partial charge in [0.05, 0.1) is 17.5 Å². The molecule has 0 atom stereocenters. The van der Waals surface area contributed by atoms with Crippen LogP contribution in [0.15, 0.2) is 48.5 Å². The number of anilines is 1. The minimum atomic E-state index is -3.09. The molecule has 0 aromatic heterocycles. The smallest absolute Gasteiger partial charge is 0.255 e. The van der Waals surface area contributed by atoms with Crippen molar-refractivity contribution in [3.05, 3.63) is 59.7 Å². The molecule has 1 N–H and O–H groups in total. The number of benzene rings is 2. The molecule has 5 nitrogen and oxygen atoms in total. The van der Waals surface area contributed by atoms with Crippen LogP contribution in [-0.2, 0) is 15.6 Å². The molecule has 0 aliphatic carbocycles. The Morgan fingerprint density at radius 1 is 1.08 bits per heavy atom. The van der Waals surface area contributed by atoms with Gasteiger partial charge in [-0.3, -0.25) is 4.79 Å². The van der Waals surface area contributed by atoms with Crippen molar-refractivity contribution in [3.63, 3.8) is 0 Å². The molecule has 2 aromatic rings. The van der Waals surface area contributed by atoms with Crippen molar-refractivity contribution in [3.8, 4) is 5.75 Å². The van der Waals surface area contributed by atoms with E-state index in [9.17, 15) is 13.2 Å². The van der Waals surface area contributed by atoms with E-state index in [1.165, 1.54) is 6.26 Å². The third-order valence-corrected chi connectivity index (χ3v) is 4.00. The minimum absolute atomic E-state index is 0.00155. The zero-order chi connectivity index (χ0) is 17.7. The van der Waals surface area contributed by atoms with Gasteiger partial charge in [-0.1, -0.05) is 24.3 Å². The van der Waals surface area contributed by atoms with Gasteiger partial charge in [-0.25, -0.2) is 8.42 Å². The number of carbonyl (C=O) groups excluding carboxylic acids is 1. The number of nitrogens with one attached hydrogen (secondary N) is 1. The topological polar surface area (TPSA) is 72.5 Å².